The number of sulfonamides is 1. The Bertz CT molecular complexity index is 787. The molecule has 0 aromatic heterocycles. The number of rotatable bonds is 3. The van der Waals surface area contributed by atoms with Gasteiger partial charge in [-0.2, -0.15) is 4.31 Å². The van der Waals surface area contributed by atoms with Crippen molar-refractivity contribution in [3.05, 3.63) is 28.3 Å². The van der Waals surface area contributed by atoms with Gasteiger partial charge in [-0.05, 0) is 62.8 Å². The Morgan fingerprint density at radius 2 is 1.62 bits per heavy atom. The minimum Gasteiger partial charge on any atom is -0.378 e. The molecule has 0 spiro atoms. The summed E-state index contributed by atoms with van der Waals surface area (Å²) in [6.07, 6.45) is 1.29. The standard InChI is InChI=1S/C19H28N2O4S/c1-13-12-14(2)16(4)18(15(13)3)26(23,24)21-7-5-6-17(21)19(22)20-8-10-25-11-9-20/h12,17H,5-11H2,1-4H3/t17-/m0/s1. The molecule has 6 nitrogen and oxygen atoms in total. The Balaban J connectivity index is 1.98. The number of carbonyl (C=O) groups is 1. The van der Waals surface area contributed by atoms with Gasteiger partial charge in [0.2, 0.25) is 15.9 Å². The van der Waals surface area contributed by atoms with E-state index in [4.69, 9.17) is 4.74 Å². The summed E-state index contributed by atoms with van der Waals surface area (Å²) in [5.41, 5.74) is 3.47. The van der Waals surface area contributed by atoms with Crippen LogP contribution in [0.5, 0.6) is 0 Å². The lowest BCUT2D eigenvalue weighted by atomic mass is 10.0. The monoisotopic (exact) mass is 380 g/mol. The molecular weight excluding hydrogens is 352 g/mol. The maximum absolute atomic E-state index is 13.5. The largest absolute Gasteiger partial charge is 0.378 e. The third-order valence-corrected chi connectivity index (χ3v) is 7.86. The fourth-order valence-electron chi connectivity index (χ4n) is 3.95. The van der Waals surface area contributed by atoms with Crippen molar-refractivity contribution in [1.82, 2.24) is 9.21 Å². The number of nitrogens with zero attached hydrogens (tertiary/aromatic N) is 2. The van der Waals surface area contributed by atoms with Crippen LogP contribution in [0.3, 0.4) is 0 Å². The Morgan fingerprint density at radius 3 is 2.19 bits per heavy atom. The molecule has 26 heavy (non-hydrogen) atoms. The molecule has 1 aromatic rings. The molecule has 0 aliphatic carbocycles. The average molecular weight is 381 g/mol. The number of amides is 1. The number of hydrogen-bond donors (Lipinski definition) is 0. The molecule has 0 unspecified atom stereocenters. The first kappa shape index (κ1) is 19.3. The minimum atomic E-state index is -3.72. The number of morpholine rings is 1. The zero-order valence-electron chi connectivity index (χ0n) is 16.0. The van der Waals surface area contributed by atoms with Crippen LogP contribution in [-0.4, -0.2) is 62.4 Å². The van der Waals surface area contributed by atoms with Gasteiger partial charge in [-0.15, -0.1) is 0 Å². The third kappa shape index (κ3) is 3.28. The van der Waals surface area contributed by atoms with Gasteiger partial charge in [0.15, 0.2) is 0 Å². The SMILES string of the molecule is Cc1cc(C)c(C)c(S(=O)(=O)N2CCC[C@H]2C(=O)N2CCOCC2)c1C. The zero-order chi connectivity index (χ0) is 19.1. The summed E-state index contributed by atoms with van der Waals surface area (Å²) in [6, 6.07) is 1.42. The fraction of sp³-hybridized carbons (Fsp3) is 0.632. The first-order chi connectivity index (χ1) is 12.2. The van der Waals surface area contributed by atoms with Gasteiger partial charge in [-0.1, -0.05) is 6.07 Å². The summed E-state index contributed by atoms with van der Waals surface area (Å²) in [5.74, 6) is -0.0888. The van der Waals surface area contributed by atoms with E-state index in [2.05, 4.69) is 0 Å². The second kappa shape index (κ2) is 7.29. The first-order valence-corrected chi connectivity index (χ1v) is 10.6. The van der Waals surface area contributed by atoms with Crippen LogP contribution < -0.4 is 0 Å². The normalized spacial score (nSPS) is 22.0. The Hall–Kier alpha value is -1.44. The molecular formula is C19H28N2O4S. The van der Waals surface area contributed by atoms with E-state index in [1.807, 2.05) is 33.8 Å². The second-order valence-corrected chi connectivity index (χ2v) is 9.13. The molecule has 2 heterocycles. The smallest absolute Gasteiger partial charge is 0.244 e. The summed E-state index contributed by atoms with van der Waals surface area (Å²) in [7, 11) is -3.72. The molecule has 0 radical (unpaired) electrons. The summed E-state index contributed by atoms with van der Waals surface area (Å²) >= 11 is 0. The van der Waals surface area contributed by atoms with Gasteiger partial charge in [0.25, 0.3) is 0 Å². The van der Waals surface area contributed by atoms with Crippen LogP contribution >= 0.6 is 0 Å². The van der Waals surface area contributed by atoms with Crippen molar-refractivity contribution in [3.8, 4) is 0 Å². The van der Waals surface area contributed by atoms with Crippen molar-refractivity contribution in [3.63, 3.8) is 0 Å². The molecule has 2 aliphatic heterocycles. The lowest BCUT2D eigenvalue weighted by Crippen LogP contribution is -2.51. The summed E-state index contributed by atoms with van der Waals surface area (Å²) in [6.45, 7) is 10.1. The highest BCUT2D eigenvalue weighted by atomic mass is 32.2. The number of hydrogen-bond acceptors (Lipinski definition) is 4. The molecule has 7 heteroatoms. The van der Waals surface area contributed by atoms with Crippen LogP contribution in [-0.2, 0) is 19.6 Å². The van der Waals surface area contributed by atoms with Crippen molar-refractivity contribution in [1.29, 1.82) is 0 Å². The van der Waals surface area contributed by atoms with E-state index < -0.39 is 16.1 Å². The predicted octanol–water partition coefficient (Wildman–Crippen LogP) is 1.93. The maximum Gasteiger partial charge on any atom is 0.244 e. The quantitative estimate of drug-likeness (QED) is 0.804. The maximum atomic E-state index is 13.5. The van der Waals surface area contributed by atoms with E-state index in [1.165, 1.54) is 4.31 Å². The van der Waals surface area contributed by atoms with Crippen molar-refractivity contribution in [2.75, 3.05) is 32.8 Å². The lowest BCUT2D eigenvalue weighted by Gasteiger charge is -2.32. The zero-order valence-corrected chi connectivity index (χ0v) is 16.9. The van der Waals surface area contributed by atoms with Crippen LogP contribution in [0.1, 0.15) is 35.1 Å². The number of benzene rings is 1. The number of ether oxygens (including phenoxy) is 1. The summed E-state index contributed by atoms with van der Waals surface area (Å²) in [4.78, 5) is 15.1. The van der Waals surface area contributed by atoms with E-state index in [0.29, 0.717) is 50.6 Å². The van der Waals surface area contributed by atoms with Crippen molar-refractivity contribution in [2.24, 2.45) is 0 Å². The van der Waals surface area contributed by atoms with E-state index in [1.54, 1.807) is 4.90 Å². The fourth-order valence-corrected chi connectivity index (χ4v) is 6.18. The average Bonchev–Trinajstić information content (AvgIpc) is 3.11. The van der Waals surface area contributed by atoms with Gasteiger partial charge in [0.1, 0.15) is 6.04 Å². The van der Waals surface area contributed by atoms with E-state index in [0.717, 1.165) is 22.3 Å². The first-order valence-electron chi connectivity index (χ1n) is 9.21. The second-order valence-electron chi connectivity index (χ2n) is 7.30. The van der Waals surface area contributed by atoms with Gasteiger partial charge < -0.3 is 9.64 Å². The molecule has 2 saturated heterocycles. The Kier molecular flexibility index (Phi) is 5.42. The molecule has 144 valence electrons. The molecule has 1 aromatic carbocycles. The highest BCUT2D eigenvalue weighted by Gasteiger charge is 2.42. The molecule has 0 bridgehead atoms. The molecule has 1 amide bonds. The minimum absolute atomic E-state index is 0.0888. The lowest BCUT2D eigenvalue weighted by molar-refractivity contribution is -0.138. The molecule has 0 N–H and O–H groups in total. The van der Waals surface area contributed by atoms with Gasteiger partial charge in [-0.25, -0.2) is 8.42 Å². The molecule has 3 rings (SSSR count). The van der Waals surface area contributed by atoms with Crippen LogP contribution in [0, 0.1) is 27.7 Å². The van der Waals surface area contributed by atoms with Crippen molar-refractivity contribution in [2.45, 2.75) is 51.5 Å². The predicted molar refractivity (Wildman–Crippen MR) is 99.7 cm³/mol. The molecule has 1 atom stereocenters. The Labute approximate surface area is 156 Å². The third-order valence-electron chi connectivity index (χ3n) is 5.68. The summed E-state index contributed by atoms with van der Waals surface area (Å²) in [5, 5.41) is 0. The van der Waals surface area contributed by atoms with Crippen molar-refractivity contribution < 1.29 is 17.9 Å². The van der Waals surface area contributed by atoms with Gasteiger partial charge in [-0.3, -0.25) is 4.79 Å². The topological polar surface area (TPSA) is 66.9 Å². The van der Waals surface area contributed by atoms with Crippen molar-refractivity contribution >= 4 is 15.9 Å². The van der Waals surface area contributed by atoms with Gasteiger partial charge >= 0.3 is 0 Å². The molecule has 2 aliphatic rings. The van der Waals surface area contributed by atoms with E-state index in [-0.39, 0.29) is 5.91 Å². The van der Waals surface area contributed by atoms with Crippen LogP contribution in [0.4, 0.5) is 0 Å². The van der Waals surface area contributed by atoms with E-state index in [9.17, 15) is 13.2 Å². The number of carbonyl (C=O) groups excluding carboxylic acids is 1. The van der Waals surface area contributed by atoms with E-state index >= 15 is 0 Å². The highest BCUT2D eigenvalue weighted by Crippen LogP contribution is 2.33. The number of aryl methyl sites for hydroxylation is 2. The summed E-state index contributed by atoms with van der Waals surface area (Å²) < 4.78 is 33.8. The highest BCUT2D eigenvalue weighted by molar-refractivity contribution is 7.89. The van der Waals surface area contributed by atoms with Crippen LogP contribution in [0.2, 0.25) is 0 Å². The van der Waals surface area contributed by atoms with Crippen LogP contribution in [0.25, 0.3) is 0 Å². The molecule has 0 saturated carbocycles. The Morgan fingerprint density at radius 1 is 1.04 bits per heavy atom. The van der Waals surface area contributed by atoms with Gasteiger partial charge in [0, 0.05) is 19.6 Å². The van der Waals surface area contributed by atoms with Gasteiger partial charge in [0.05, 0.1) is 18.1 Å². The van der Waals surface area contributed by atoms with Crippen LogP contribution in [0.15, 0.2) is 11.0 Å². The molecule has 2 fully saturated rings.